The molecule has 2 saturated carbocycles. The number of carbonyl (C=O) groups excluding carboxylic acids is 3. The minimum Gasteiger partial charge on any atom is -0.493 e. The third kappa shape index (κ3) is 6.00. The molecule has 12 nitrogen and oxygen atoms in total. The molecule has 276 valence electrons. The number of amides is 3. The van der Waals surface area contributed by atoms with Crippen molar-refractivity contribution in [2.45, 2.75) is 33.7 Å². The van der Waals surface area contributed by atoms with Crippen molar-refractivity contribution in [2.75, 3.05) is 23.9 Å². The molecule has 53 heavy (non-hydrogen) atoms. The van der Waals surface area contributed by atoms with Gasteiger partial charge in [-0.1, -0.05) is 23.5 Å². The number of ether oxygens (including phenoxy) is 2. The minimum atomic E-state index is -4.65. The fourth-order valence-corrected chi connectivity index (χ4v) is 11.9. The van der Waals surface area contributed by atoms with Gasteiger partial charge in [0.25, 0.3) is 5.91 Å². The van der Waals surface area contributed by atoms with Gasteiger partial charge >= 0.3 is 11.0 Å². The predicted octanol–water partition coefficient (Wildman–Crippen LogP) is 4.81. The number of primary sulfonamides is 1. The number of imide groups is 1. The molecule has 4 aromatic rings. The molecule has 3 amide bonds. The minimum absolute atomic E-state index is 0.104. The molecule has 7 atom stereocenters. The zero-order chi connectivity index (χ0) is 37.6. The van der Waals surface area contributed by atoms with Crippen LogP contribution in [0.2, 0.25) is 0 Å². The van der Waals surface area contributed by atoms with Gasteiger partial charge in [0.05, 0.1) is 40.1 Å². The van der Waals surface area contributed by atoms with E-state index in [9.17, 15) is 40.8 Å². The number of nitrogens with one attached hydrogen (secondary N) is 2. The number of aromatic amines is 1. The number of hydrogen-bond acceptors (Lipinski definition) is 10. The monoisotopic (exact) mass is 786 g/mol. The summed E-state index contributed by atoms with van der Waals surface area (Å²) in [6, 6.07) is 14.8. The summed E-state index contributed by atoms with van der Waals surface area (Å²) in [4.78, 5) is 57.5. The summed E-state index contributed by atoms with van der Waals surface area (Å²) in [7, 11) is -2.46. The number of hydrogen-bond donors (Lipinski definition) is 3. The zero-order valence-corrected chi connectivity index (χ0v) is 29.9. The highest BCUT2D eigenvalue weighted by molar-refractivity contribution is 8.00. The largest absolute Gasteiger partial charge is 0.493 e. The van der Waals surface area contributed by atoms with E-state index in [0.29, 0.717) is 22.9 Å². The second-order valence-corrected chi connectivity index (χ2v) is 17.1. The Balaban J connectivity index is 1.06. The second-order valence-electron chi connectivity index (χ2n) is 13.3. The van der Waals surface area contributed by atoms with E-state index < -0.39 is 57.9 Å². The van der Waals surface area contributed by atoms with Gasteiger partial charge in [0, 0.05) is 21.7 Å². The van der Waals surface area contributed by atoms with Crippen molar-refractivity contribution < 1.29 is 45.4 Å². The summed E-state index contributed by atoms with van der Waals surface area (Å²) in [5.74, 6) is -3.49. The lowest BCUT2D eigenvalue weighted by molar-refractivity contribution is -0.137. The van der Waals surface area contributed by atoms with Gasteiger partial charge in [-0.05, 0) is 84.3 Å². The van der Waals surface area contributed by atoms with Crippen molar-refractivity contribution in [3.63, 3.8) is 0 Å². The zero-order valence-electron chi connectivity index (χ0n) is 27.5. The number of rotatable bonds is 8. The van der Waals surface area contributed by atoms with Crippen LogP contribution in [0.1, 0.15) is 28.3 Å². The van der Waals surface area contributed by atoms with E-state index in [4.69, 9.17) is 14.6 Å². The fourth-order valence-electron chi connectivity index (χ4n) is 8.53. The summed E-state index contributed by atoms with van der Waals surface area (Å²) in [6.07, 6.45) is -4.07. The van der Waals surface area contributed by atoms with E-state index >= 15 is 0 Å². The normalized spacial score (nSPS) is 25.9. The molecule has 3 heterocycles. The van der Waals surface area contributed by atoms with Crippen molar-refractivity contribution in [2.24, 2.45) is 34.7 Å². The third-order valence-electron chi connectivity index (χ3n) is 10.5. The van der Waals surface area contributed by atoms with Crippen LogP contribution in [0, 0.1) is 29.6 Å². The first-order valence-electron chi connectivity index (χ1n) is 16.3. The van der Waals surface area contributed by atoms with Crippen LogP contribution in [-0.2, 0) is 30.6 Å². The van der Waals surface area contributed by atoms with Gasteiger partial charge in [0.1, 0.15) is 0 Å². The van der Waals surface area contributed by atoms with Crippen LogP contribution in [-0.4, -0.2) is 50.1 Å². The van der Waals surface area contributed by atoms with Gasteiger partial charge in [-0.15, -0.1) is 11.8 Å². The number of sulfonamides is 1. The Morgan fingerprint density at radius 2 is 1.72 bits per heavy atom. The molecule has 4 aliphatic rings. The maximum Gasteiger partial charge on any atom is 0.416 e. The SMILES string of the molecule is COc1cc([C@H]2c3sc(=O)[nH]c3SC3C4CC(C5C(=O)N(c6cccc(C(F)(F)F)c6)C(=O)C45)C32)ccc1OCC(=O)Nc1ccc(S(N)(=O)=O)cc1. The summed E-state index contributed by atoms with van der Waals surface area (Å²) in [5.41, 5.74) is 0.0319. The van der Waals surface area contributed by atoms with Gasteiger partial charge in [-0.2, -0.15) is 13.2 Å². The average molecular weight is 787 g/mol. The van der Waals surface area contributed by atoms with Gasteiger partial charge in [0.2, 0.25) is 21.8 Å². The topological polar surface area (TPSA) is 178 Å². The first kappa shape index (κ1) is 35.4. The smallest absolute Gasteiger partial charge is 0.416 e. The highest BCUT2D eigenvalue weighted by Crippen LogP contribution is 2.69. The summed E-state index contributed by atoms with van der Waals surface area (Å²) >= 11 is 2.55. The Labute approximate surface area is 307 Å². The average Bonchev–Trinajstić information content (AvgIpc) is 3.85. The van der Waals surface area contributed by atoms with Crippen LogP contribution >= 0.6 is 23.1 Å². The lowest BCUT2D eigenvalue weighted by Gasteiger charge is -2.43. The number of halogens is 3. The molecule has 1 aromatic heterocycles. The Morgan fingerprint density at radius 3 is 2.40 bits per heavy atom. The van der Waals surface area contributed by atoms with Crippen molar-refractivity contribution in [1.29, 1.82) is 0 Å². The fraction of sp³-hybridized carbons (Fsp3) is 0.314. The van der Waals surface area contributed by atoms with E-state index in [1.165, 1.54) is 55.3 Å². The van der Waals surface area contributed by atoms with Crippen molar-refractivity contribution >= 4 is 62.2 Å². The highest BCUT2D eigenvalue weighted by Gasteiger charge is 2.69. The summed E-state index contributed by atoms with van der Waals surface area (Å²) in [6.45, 7) is -0.410. The van der Waals surface area contributed by atoms with E-state index in [-0.39, 0.29) is 50.1 Å². The van der Waals surface area contributed by atoms with Crippen LogP contribution in [0.3, 0.4) is 0 Å². The molecule has 3 aromatic carbocycles. The molecule has 4 N–H and O–H groups in total. The predicted molar refractivity (Wildman–Crippen MR) is 187 cm³/mol. The molecule has 6 unspecified atom stereocenters. The van der Waals surface area contributed by atoms with E-state index in [0.717, 1.165) is 38.8 Å². The molecular formula is C35H29F3N4O8S3. The molecule has 0 radical (unpaired) electrons. The molecular weight excluding hydrogens is 758 g/mol. The molecule has 1 saturated heterocycles. The first-order chi connectivity index (χ1) is 25.1. The number of aromatic nitrogens is 1. The summed E-state index contributed by atoms with van der Waals surface area (Å²) in [5, 5.41) is 8.25. The number of nitrogens with two attached hydrogens (primary N) is 1. The highest BCUT2D eigenvalue weighted by atomic mass is 32.2. The number of methoxy groups -OCH3 is 1. The lowest BCUT2D eigenvalue weighted by Crippen LogP contribution is -2.42. The van der Waals surface area contributed by atoms with E-state index in [2.05, 4.69) is 10.3 Å². The number of nitrogens with zero attached hydrogens (tertiary/aromatic N) is 1. The van der Waals surface area contributed by atoms with E-state index in [1.54, 1.807) is 18.2 Å². The number of fused-ring (bicyclic) bond motifs is 9. The first-order valence-corrected chi connectivity index (χ1v) is 19.6. The molecule has 2 aliphatic heterocycles. The second kappa shape index (κ2) is 12.7. The molecule has 8 rings (SSSR count). The number of H-pyrrole nitrogens is 1. The van der Waals surface area contributed by atoms with Crippen LogP contribution in [0.4, 0.5) is 24.5 Å². The number of carbonyl (C=O) groups is 3. The Hall–Kier alpha value is -4.65. The van der Waals surface area contributed by atoms with Gasteiger partial charge in [-0.25, -0.2) is 13.6 Å². The Morgan fingerprint density at radius 1 is 1.00 bits per heavy atom. The molecule has 0 spiro atoms. The molecule has 3 fully saturated rings. The lowest BCUT2D eigenvalue weighted by atomic mass is 9.68. The Bertz CT molecular complexity index is 2350. The maximum absolute atomic E-state index is 14.0. The quantitative estimate of drug-likeness (QED) is 0.212. The summed E-state index contributed by atoms with van der Waals surface area (Å²) < 4.78 is 75.1. The Kier molecular flexibility index (Phi) is 8.51. The molecule has 18 heteroatoms. The number of benzene rings is 3. The molecule has 2 bridgehead atoms. The maximum atomic E-state index is 14.0. The van der Waals surface area contributed by atoms with E-state index in [1.807, 2.05) is 0 Å². The standard InChI is InChI=1S/C35H29F3N4O8S3/c1-49-23-11-15(5-10-22(23)50-14-24(43)40-17-6-8-19(9-7-17)53(39,47)48)25-26-20-13-21(29(26)51-31-30(25)52-34(46)41-31)28-27(20)32(44)42(33(28)45)18-4-2-3-16(12-18)35(36,37)38/h2-12,20-21,25-29H,13-14H2,1H3,(H,40,43)(H,41,46)(H2,39,47,48)/t20?,21?,25-,26?,27?,28?,29?/m1/s1. The number of alkyl halides is 3. The van der Waals surface area contributed by atoms with Gasteiger partial charge in [-0.3, -0.25) is 24.1 Å². The van der Waals surface area contributed by atoms with Crippen LogP contribution < -0.4 is 29.7 Å². The number of anilines is 2. The third-order valence-corrected chi connectivity index (χ3v) is 14.0. The van der Waals surface area contributed by atoms with Crippen LogP contribution in [0.5, 0.6) is 11.5 Å². The van der Waals surface area contributed by atoms with Gasteiger partial charge < -0.3 is 19.8 Å². The van der Waals surface area contributed by atoms with Crippen molar-refractivity contribution in [3.8, 4) is 11.5 Å². The van der Waals surface area contributed by atoms with Gasteiger partial charge in [0.15, 0.2) is 18.1 Å². The van der Waals surface area contributed by atoms with Crippen molar-refractivity contribution in [3.05, 3.63) is 92.4 Å². The number of thiazole rings is 1. The van der Waals surface area contributed by atoms with Crippen molar-refractivity contribution in [1.82, 2.24) is 4.98 Å². The van der Waals surface area contributed by atoms with Crippen LogP contribution in [0.15, 0.2) is 81.4 Å². The molecule has 2 aliphatic carbocycles. The van der Waals surface area contributed by atoms with Crippen LogP contribution in [0.25, 0.3) is 0 Å². The number of thioether (sulfide) groups is 1.